The molecule has 2 rings (SSSR count). The van der Waals surface area contributed by atoms with Gasteiger partial charge in [0.1, 0.15) is 0 Å². The van der Waals surface area contributed by atoms with Crippen LogP contribution in [-0.2, 0) is 9.59 Å². The fourth-order valence-electron chi connectivity index (χ4n) is 2.90. The maximum absolute atomic E-state index is 12.3. The van der Waals surface area contributed by atoms with E-state index in [2.05, 4.69) is 29.1 Å². The summed E-state index contributed by atoms with van der Waals surface area (Å²) in [4.78, 5) is 30.6. The number of rotatable bonds is 5. The van der Waals surface area contributed by atoms with E-state index in [0.29, 0.717) is 18.8 Å². The molecule has 1 aromatic rings. The number of carbonyl (C=O) groups is 2. The molecule has 6 nitrogen and oxygen atoms in total. The summed E-state index contributed by atoms with van der Waals surface area (Å²) < 4.78 is 0. The standard InChI is InChI=1S/C19H30N4O2/c1-4-5-12-22(3)17-9-7-16(8-10-17)20-18(24)19(25)23-13-6-11-21(2)14-15-23/h7-10H,4-6,11-15H2,1-3H3,(H,20,24). The van der Waals surface area contributed by atoms with Crippen molar-refractivity contribution in [3.05, 3.63) is 24.3 Å². The molecule has 1 aliphatic rings. The largest absolute Gasteiger partial charge is 0.375 e. The molecule has 0 aliphatic carbocycles. The minimum Gasteiger partial charge on any atom is -0.375 e. The van der Waals surface area contributed by atoms with Crippen molar-refractivity contribution >= 4 is 23.2 Å². The first-order chi connectivity index (χ1) is 12.0. The van der Waals surface area contributed by atoms with Crippen molar-refractivity contribution in [1.29, 1.82) is 0 Å². The van der Waals surface area contributed by atoms with Crippen LogP contribution in [0.2, 0.25) is 0 Å². The average Bonchev–Trinajstić information content (AvgIpc) is 2.84. The lowest BCUT2D eigenvalue weighted by Gasteiger charge is -2.20. The van der Waals surface area contributed by atoms with Crippen molar-refractivity contribution in [2.24, 2.45) is 0 Å². The van der Waals surface area contributed by atoms with Crippen LogP contribution < -0.4 is 10.2 Å². The van der Waals surface area contributed by atoms with Gasteiger partial charge < -0.3 is 20.0 Å². The third kappa shape index (κ3) is 5.74. The summed E-state index contributed by atoms with van der Waals surface area (Å²) in [5.41, 5.74) is 1.76. The van der Waals surface area contributed by atoms with E-state index in [9.17, 15) is 9.59 Å². The molecule has 6 heteroatoms. The Balaban J connectivity index is 1.90. The van der Waals surface area contributed by atoms with Gasteiger partial charge in [-0.25, -0.2) is 0 Å². The second kappa shape index (κ2) is 9.42. The minimum atomic E-state index is -0.559. The molecule has 138 valence electrons. The highest BCUT2D eigenvalue weighted by molar-refractivity contribution is 6.39. The quantitative estimate of drug-likeness (QED) is 0.829. The van der Waals surface area contributed by atoms with E-state index in [-0.39, 0.29) is 0 Å². The Morgan fingerprint density at radius 2 is 1.84 bits per heavy atom. The smallest absolute Gasteiger partial charge is 0.313 e. The zero-order chi connectivity index (χ0) is 18.2. The molecule has 0 aromatic heterocycles. The number of hydrogen-bond donors (Lipinski definition) is 1. The van der Waals surface area contributed by atoms with Gasteiger partial charge in [-0.2, -0.15) is 0 Å². The van der Waals surface area contributed by atoms with Crippen LogP contribution in [0, 0.1) is 0 Å². The van der Waals surface area contributed by atoms with E-state index < -0.39 is 11.8 Å². The van der Waals surface area contributed by atoms with E-state index in [4.69, 9.17) is 0 Å². The molecule has 1 aromatic carbocycles. The molecular formula is C19H30N4O2. The zero-order valence-corrected chi connectivity index (χ0v) is 15.6. The van der Waals surface area contributed by atoms with Crippen LogP contribution >= 0.6 is 0 Å². The second-order valence-corrected chi connectivity index (χ2v) is 6.73. The van der Waals surface area contributed by atoms with E-state index in [1.165, 1.54) is 0 Å². The number of likely N-dealkylation sites (N-methyl/N-ethyl adjacent to an activating group) is 1. The molecule has 0 atom stereocenters. The van der Waals surface area contributed by atoms with E-state index in [1.807, 2.05) is 31.3 Å². The van der Waals surface area contributed by atoms with E-state index >= 15 is 0 Å². The Hall–Kier alpha value is -2.08. The molecular weight excluding hydrogens is 316 g/mol. The summed E-state index contributed by atoms with van der Waals surface area (Å²) in [7, 11) is 4.09. The first kappa shape index (κ1) is 19.2. The van der Waals surface area contributed by atoms with Crippen molar-refractivity contribution in [3.8, 4) is 0 Å². The predicted molar refractivity (Wildman–Crippen MR) is 102 cm³/mol. The van der Waals surface area contributed by atoms with Crippen LogP contribution in [-0.4, -0.2) is 68.4 Å². The summed E-state index contributed by atoms with van der Waals surface area (Å²) in [5, 5.41) is 2.72. The summed E-state index contributed by atoms with van der Waals surface area (Å²) in [6.45, 7) is 6.17. The molecule has 1 saturated heterocycles. The SMILES string of the molecule is CCCCN(C)c1ccc(NC(=O)C(=O)N2CCCN(C)CC2)cc1. The molecule has 0 unspecified atom stereocenters. The molecule has 0 saturated carbocycles. The van der Waals surface area contributed by atoms with Gasteiger partial charge in [-0.15, -0.1) is 0 Å². The monoisotopic (exact) mass is 346 g/mol. The lowest BCUT2D eigenvalue weighted by atomic mass is 10.2. The van der Waals surface area contributed by atoms with Crippen LogP contribution in [0.1, 0.15) is 26.2 Å². The Bertz CT molecular complexity index is 573. The van der Waals surface area contributed by atoms with Gasteiger partial charge in [-0.05, 0) is 50.7 Å². The Kier molecular flexibility index (Phi) is 7.25. The highest BCUT2D eigenvalue weighted by atomic mass is 16.2. The third-order valence-electron chi connectivity index (χ3n) is 4.61. The van der Waals surface area contributed by atoms with Gasteiger partial charge >= 0.3 is 11.8 Å². The van der Waals surface area contributed by atoms with E-state index in [0.717, 1.165) is 44.6 Å². The Morgan fingerprint density at radius 3 is 2.52 bits per heavy atom. The first-order valence-corrected chi connectivity index (χ1v) is 9.11. The fourth-order valence-corrected chi connectivity index (χ4v) is 2.90. The number of unbranched alkanes of at least 4 members (excludes halogenated alkanes) is 1. The lowest BCUT2D eigenvalue weighted by Crippen LogP contribution is -2.41. The number of anilines is 2. The van der Waals surface area contributed by atoms with E-state index in [1.54, 1.807) is 4.90 Å². The summed E-state index contributed by atoms with van der Waals surface area (Å²) in [5.74, 6) is -1.00. The van der Waals surface area contributed by atoms with Crippen molar-refractivity contribution in [2.45, 2.75) is 26.2 Å². The van der Waals surface area contributed by atoms with Crippen LogP contribution in [0.3, 0.4) is 0 Å². The summed E-state index contributed by atoms with van der Waals surface area (Å²) in [6.07, 6.45) is 3.20. The molecule has 1 heterocycles. The molecule has 25 heavy (non-hydrogen) atoms. The predicted octanol–water partition coefficient (Wildman–Crippen LogP) is 2.03. The Morgan fingerprint density at radius 1 is 1.12 bits per heavy atom. The zero-order valence-electron chi connectivity index (χ0n) is 15.6. The second-order valence-electron chi connectivity index (χ2n) is 6.73. The lowest BCUT2D eigenvalue weighted by molar-refractivity contribution is -0.143. The van der Waals surface area contributed by atoms with Crippen LogP contribution in [0.4, 0.5) is 11.4 Å². The average molecular weight is 346 g/mol. The Labute approximate surface area is 150 Å². The van der Waals surface area contributed by atoms with Gasteiger partial charge in [-0.3, -0.25) is 9.59 Å². The van der Waals surface area contributed by atoms with Crippen molar-refractivity contribution in [3.63, 3.8) is 0 Å². The number of hydrogen-bond acceptors (Lipinski definition) is 4. The van der Waals surface area contributed by atoms with Crippen molar-refractivity contribution in [1.82, 2.24) is 9.80 Å². The van der Waals surface area contributed by atoms with Crippen LogP contribution in [0.15, 0.2) is 24.3 Å². The number of carbonyl (C=O) groups excluding carboxylic acids is 2. The topological polar surface area (TPSA) is 55.9 Å². The van der Waals surface area contributed by atoms with Crippen LogP contribution in [0.5, 0.6) is 0 Å². The molecule has 2 amide bonds. The highest BCUT2D eigenvalue weighted by Crippen LogP contribution is 2.17. The van der Waals surface area contributed by atoms with Crippen molar-refractivity contribution < 1.29 is 9.59 Å². The highest BCUT2D eigenvalue weighted by Gasteiger charge is 2.23. The van der Waals surface area contributed by atoms with Gasteiger partial charge in [-0.1, -0.05) is 13.3 Å². The molecule has 1 N–H and O–H groups in total. The van der Waals surface area contributed by atoms with Crippen LogP contribution in [0.25, 0.3) is 0 Å². The third-order valence-corrected chi connectivity index (χ3v) is 4.61. The van der Waals surface area contributed by atoms with Gasteiger partial charge in [0.25, 0.3) is 0 Å². The maximum Gasteiger partial charge on any atom is 0.313 e. The minimum absolute atomic E-state index is 0.445. The molecule has 0 bridgehead atoms. The number of benzene rings is 1. The summed E-state index contributed by atoms with van der Waals surface area (Å²) >= 11 is 0. The van der Waals surface area contributed by atoms with Crippen molar-refractivity contribution in [2.75, 3.05) is 57.0 Å². The number of amides is 2. The van der Waals surface area contributed by atoms with Gasteiger partial charge in [0.2, 0.25) is 0 Å². The normalized spacial score (nSPS) is 15.6. The van der Waals surface area contributed by atoms with Gasteiger partial charge in [0.05, 0.1) is 0 Å². The van der Waals surface area contributed by atoms with Gasteiger partial charge in [0, 0.05) is 44.6 Å². The molecule has 1 aliphatic heterocycles. The number of nitrogens with zero attached hydrogens (tertiary/aromatic N) is 3. The molecule has 0 spiro atoms. The molecule has 1 fully saturated rings. The van der Waals surface area contributed by atoms with Gasteiger partial charge in [0.15, 0.2) is 0 Å². The number of nitrogens with one attached hydrogen (secondary N) is 1. The maximum atomic E-state index is 12.3. The fraction of sp³-hybridized carbons (Fsp3) is 0.579. The summed E-state index contributed by atoms with van der Waals surface area (Å²) in [6, 6.07) is 7.63. The first-order valence-electron chi connectivity index (χ1n) is 9.11. The molecule has 0 radical (unpaired) electrons.